The SMILES string of the molecule is CCC(=O)c1cccc(C(=O)Nc2ccc(Cl)cc2)c1OCCN(CC)CC. The van der Waals surface area contributed by atoms with Crippen molar-refractivity contribution >= 4 is 29.0 Å². The minimum Gasteiger partial charge on any atom is -0.491 e. The van der Waals surface area contributed by atoms with Gasteiger partial charge in [-0.05, 0) is 49.5 Å². The highest BCUT2D eigenvalue weighted by atomic mass is 35.5. The van der Waals surface area contributed by atoms with Crippen LogP contribution in [0, 0.1) is 0 Å². The van der Waals surface area contributed by atoms with E-state index >= 15 is 0 Å². The fourth-order valence-electron chi connectivity index (χ4n) is 2.83. The van der Waals surface area contributed by atoms with Crippen LogP contribution >= 0.6 is 11.6 Å². The lowest BCUT2D eigenvalue weighted by molar-refractivity contribution is 0.0983. The van der Waals surface area contributed by atoms with Gasteiger partial charge in [-0.2, -0.15) is 0 Å². The van der Waals surface area contributed by atoms with E-state index in [0.717, 1.165) is 19.6 Å². The Hall–Kier alpha value is -2.37. The quantitative estimate of drug-likeness (QED) is 0.574. The van der Waals surface area contributed by atoms with Crippen molar-refractivity contribution in [2.75, 3.05) is 31.6 Å². The van der Waals surface area contributed by atoms with Gasteiger partial charge in [0, 0.05) is 23.7 Å². The van der Waals surface area contributed by atoms with E-state index in [0.29, 0.717) is 40.6 Å². The summed E-state index contributed by atoms with van der Waals surface area (Å²) in [6.45, 7) is 8.92. The molecule has 6 heteroatoms. The first-order chi connectivity index (χ1) is 13.5. The Kier molecular flexibility index (Phi) is 8.48. The summed E-state index contributed by atoms with van der Waals surface area (Å²) in [5.74, 6) is -0.0436. The Morgan fingerprint density at radius 1 is 1.00 bits per heavy atom. The zero-order chi connectivity index (χ0) is 20.5. The van der Waals surface area contributed by atoms with Gasteiger partial charge in [-0.25, -0.2) is 0 Å². The smallest absolute Gasteiger partial charge is 0.259 e. The van der Waals surface area contributed by atoms with Gasteiger partial charge in [-0.1, -0.05) is 38.4 Å². The monoisotopic (exact) mass is 402 g/mol. The van der Waals surface area contributed by atoms with Gasteiger partial charge in [-0.15, -0.1) is 0 Å². The van der Waals surface area contributed by atoms with E-state index in [1.54, 1.807) is 49.4 Å². The predicted octanol–water partition coefficient (Wildman–Crippen LogP) is 4.91. The van der Waals surface area contributed by atoms with Crippen LogP contribution < -0.4 is 10.1 Å². The Bertz CT molecular complexity index is 802. The molecule has 1 N–H and O–H groups in total. The molecule has 2 aromatic rings. The number of hydrogen-bond donors (Lipinski definition) is 1. The van der Waals surface area contributed by atoms with Crippen LogP contribution in [0.25, 0.3) is 0 Å². The van der Waals surface area contributed by atoms with E-state index in [2.05, 4.69) is 24.1 Å². The molecule has 0 fully saturated rings. The van der Waals surface area contributed by atoms with Crippen LogP contribution in [0.15, 0.2) is 42.5 Å². The number of anilines is 1. The molecular formula is C22H27ClN2O3. The van der Waals surface area contributed by atoms with E-state index < -0.39 is 0 Å². The van der Waals surface area contributed by atoms with Crippen molar-refractivity contribution in [2.24, 2.45) is 0 Å². The summed E-state index contributed by atoms with van der Waals surface area (Å²) in [7, 11) is 0. The molecule has 1 amide bonds. The van der Waals surface area contributed by atoms with Gasteiger partial charge in [0.25, 0.3) is 5.91 Å². The van der Waals surface area contributed by atoms with Crippen LogP contribution in [0.4, 0.5) is 5.69 Å². The molecule has 0 aromatic heterocycles. The summed E-state index contributed by atoms with van der Waals surface area (Å²) in [6, 6.07) is 11.9. The van der Waals surface area contributed by atoms with Gasteiger partial charge < -0.3 is 15.0 Å². The van der Waals surface area contributed by atoms with Crippen molar-refractivity contribution in [1.82, 2.24) is 4.90 Å². The lowest BCUT2D eigenvalue weighted by atomic mass is 10.0. The maximum atomic E-state index is 12.8. The number of para-hydroxylation sites is 1. The number of amides is 1. The summed E-state index contributed by atoms with van der Waals surface area (Å²) >= 11 is 5.89. The second-order valence-corrected chi connectivity index (χ2v) is 6.73. The van der Waals surface area contributed by atoms with E-state index in [1.165, 1.54) is 0 Å². The average molecular weight is 403 g/mol. The van der Waals surface area contributed by atoms with E-state index in [9.17, 15) is 9.59 Å². The number of rotatable bonds is 10. The summed E-state index contributed by atoms with van der Waals surface area (Å²) in [6.07, 6.45) is 0.342. The third-order valence-corrected chi connectivity index (χ3v) is 4.78. The topological polar surface area (TPSA) is 58.6 Å². The van der Waals surface area contributed by atoms with Crippen molar-refractivity contribution in [3.05, 3.63) is 58.6 Å². The number of ketones is 1. The number of ether oxygens (including phenoxy) is 1. The largest absolute Gasteiger partial charge is 0.491 e. The Balaban J connectivity index is 2.27. The van der Waals surface area contributed by atoms with Gasteiger partial charge in [0.2, 0.25) is 0 Å². The van der Waals surface area contributed by atoms with Crippen molar-refractivity contribution < 1.29 is 14.3 Å². The van der Waals surface area contributed by atoms with Crippen LogP contribution in [0.2, 0.25) is 5.02 Å². The van der Waals surface area contributed by atoms with E-state index in [4.69, 9.17) is 16.3 Å². The number of Topliss-reactive ketones (excluding diaryl/α,β-unsaturated/α-hetero) is 1. The predicted molar refractivity (Wildman–Crippen MR) is 114 cm³/mol. The van der Waals surface area contributed by atoms with E-state index in [-0.39, 0.29) is 11.7 Å². The van der Waals surface area contributed by atoms with Gasteiger partial charge in [0.1, 0.15) is 12.4 Å². The molecule has 0 spiro atoms. The Morgan fingerprint density at radius 2 is 1.64 bits per heavy atom. The molecule has 0 aliphatic carbocycles. The van der Waals surface area contributed by atoms with Gasteiger partial charge in [0.15, 0.2) is 5.78 Å². The molecule has 5 nitrogen and oxygen atoms in total. The zero-order valence-electron chi connectivity index (χ0n) is 16.6. The minimum absolute atomic E-state index is 0.0565. The molecule has 0 aliphatic rings. The first-order valence-electron chi connectivity index (χ1n) is 9.58. The average Bonchev–Trinajstić information content (AvgIpc) is 2.72. The van der Waals surface area contributed by atoms with Crippen molar-refractivity contribution in [3.63, 3.8) is 0 Å². The summed E-state index contributed by atoms with van der Waals surface area (Å²) in [5.41, 5.74) is 1.40. The molecule has 2 aromatic carbocycles. The number of nitrogens with one attached hydrogen (secondary N) is 1. The summed E-state index contributed by atoms with van der Waals surface area (Å²) in [5, 5.41) is 3.42. The highest BCUT2D eigenvalue weighted by Gasteiger charge is 2.20. The molecule has 28 heavy (non-hydrogen) atoms. The second-order valence-electron chi connectivity index (χ2n) is 6.30. The molecule has 0 saturated carbocycles. The number of halogens is 1. The molecule has 0 heterocycles. The first kappa shape index (κ1) is 21.9. The highest BCUT2D eigenvalue weighted by molar-refractivity contribution is 6.30. The zero-order valence-corrected chi connectivity index (χ0v) is 17.4. The molecule has 0 atom stereocenters. The molecule has 0 saturated heterocycles. The lowest BCUT2D eigenvalue weighted by Crippen LogP contribution is -2.28. The van der Waals surface area contributed by atoms with Crippen LogP contribution in [0.1, 0.15) is 47.9 Å². The minimum atomic E-state index is -0.328. The lowest BCUT2D eigenvalue weighted by Gasteiger charge is -2.20. The molecule has 150 valence electrons. The van der Waals surface area contributed by atoms with Crippen molar-refractivity contribution in [2.45, 2.75) is 27.2 Å². The number of hydrogen-bond acceptors (Lipinski definition) is 4. The first-order valence-corrected chi connectivity index (χ1v) is 9.96. The fourth-order valence-corrected chi connectivity index (χ4v) is 2.96. The number of carbonyl (C=O) groups is 2. The standard InChI is InChI=1S/C22H27ClN2O3/c1-4-20(26)18-8-7-9-19(21(18)28-15-14-25(5-2)6-3)22(27)24-17-12-10-16(23)11-13-17/h7-13H,4-6,14-15H2,1-3H3,(H,24,27). The van der Waals surface area contributed by atoms with Crippen LogP contribution in [0.3, 0.4) is 0 Å². The van der Waals surface area contributed by atoms with Crippen LogP contribution in [-0.2, 0) is 0 Å². The van der Waals surface area contributed by atoms with Crippen molar-refractivity contribution in [1.29, 1.82) is 0 Å². The third-order valence-electron chi connectivity index (χ3n) is 4.53. The Labute approximate surface area is 171 Å². The van der Waals surface area contributed by atoms with Gasteiger partial charge in [-0.3, -0.25) is 9.59 Å². The maximum absolute atomic E-state index is 12.8. The summed E-state index contributed by atoms with van der Waals surface area (Å²) in [4.78, 5) is 27.4. The van der Waals surface area contributed by atoms with Crippen LogP contribution in [0.5, 0.6) is 5.75 Å². The van der Waals surface area contributed by atoms with E-state index in [1.807, 2.05) is 0 Å². The normalized spacial score (nSPS) is 10.8. The van der Waals surface area contributed by atoms with Crippen LogP contribution in [-0.4, -0.2) is 42.8 Å². The second kappa shape index (κ2) is 10.8. The number of benzene rings is 2. The molecular weight excluding hydrogens is 376 g/mol. The maximum Gasteiger partial charge on any atom is 0.259 e. The molecule has 0 aliphatic heterocycles. The number of likely N-dealkylation sites (N-methyl/N-ethyl adjacent to an activating group) is 1. The number of nitrogens with zero attached hydrogens (tertiary/aromatic N) is 1. The third kappa shape index (κ3) is 5.81. The van der Waals surface area contributed by atoms with Crippen molar-refractivity contribution in [3.8, 4) is 5.75 Å². The van der Waals surface area contributed by atoms with Gasteiger partial charge in [0.05, 0.1) is 11.1 Å². The number of carbonyl (C=O) groups excluding carboxylic acids is 2. The fraction of sp³-hybridized carbons (Fsp3) is 0.364. The van der Waals surface area contributed by atoms with Gasteiger partial charge >= 0.3 is 0 Å². The molecule has 2 rings (SSSR count). The highest BCUT2D eigenvalue weighted by Crippen LogP contribution is 2.27. The Morgan fingerprint density at radius 3 is 2.25 bits per heavy atom. The molecule has 0 unspecified atom stereocenters. The molecule has 0 radical (unpaired) electrons. The molecule has 0 bridgehead atoms. The summed E-state index contributed by atoms with van der Waals surface area (Å²) < 4.78 is 5.96.